The molecule has 0 saturated carbocycles. The van der Waals surface area contributed by atoms with E-state index in [1.165, 1.54) is 6.20 Å². The van der Waals surface area contributed by atoms with Crippen LogP contribution in [0.25, 0.3) is 0 Å². The topological polar surface area (TPSA) is 80.8 Å². The van der Waals surface area contributed by atoms with Crippen molar-refractivity contribution in [2.75, 3.05) is 31.6 Å². The lowest BCUT2D eigenvalue weighted by Gasteiger charge is -2.37. The van der Waals surface area contributed by atoms with Gasteiger partial charge < -0.3 is 19.7 Å². The second kappa shape index (κ2) is 7.93. The second-order valence-electron chi connectivity index (χ2n) is 7.55. The lowest BCUT2D eigenvalue weighted by molar-refractivity contribution is -0.181. The van der Waals surface area contributed by atoms with E-state index < -0.39 is 5.79 Å². The first-order valence-corrected chi connectivity index (χ1v) is 9.88. The van der Waals surface area contributed by atoms with Gasteiger partial charge in [-0.1, -0.05) is 18.2 Å². The number of hydrogen-bond acceptors (Lipinski definition) is 5. The van der Waals surface area contributed by atoms with E-state index in [0.717, 1.165) is 16.8 Å². The van der Waals surface area contributed by atoms with Crippen molar-refractivity contribution in [3.8, 4) is 0 Å². The van der Waals surface area contributed by atoms with Crippen molar-refractivity contribution >= 4 is 17.5 Å². The van der Waals surface area contributed by atoms with Crippen LogP contribution in [0.1, 0.15) is 44.8 Å². The van der Waals surface area contributed by atoms with Crippen molar-refractivity contribution in [1.82, 2.24) is 9.88 Å². The summed E-state index contributed by atoms with van der Waals surface area (Å²) in [5.41, 5.74) is 3.40. The summed E-state index contributed by atoms with van der Waals surface area (Å²) >= 11 is 0. The molecule has 2 aliphatic heterocycles. The summed E-state index contributed by atoms with van der Waals surface area (Å²) < 4.78 is 11.4. The number of hydrogen-bond donors (Lipinski definition) is 1. The van der Waals surface area contributed by atoms with Crippen molar-refractivity contribution in [3.05, 3.63) is 58.9 Å². The number of nitrogens with one attached hydrogen (secondary N) is 1. The maximum atomic E-state index is 12.9. The molecule has 1 aromatic carbocycles. The quantitative estimate of drug-likeness (QED) is 0.864. The highest BCUT2D eigenvalue weighted by Gasteiger charge is 2.40. The molecular weight excluding hydrogens is 370 g/mol. The Hall–Kier alpha value is -2.77. The number of carbonyl (C=O) groups excluding carboxylic acids is 2. The van der Waals surface area contributed by atoms with E-state index in [2.05, 4.69) is 10.3 Å². The highest BCUT2D eigenvalue weighted by atomic mass is 16.7. The molecular formula is C22H25N3O4. The van der Waals surface area contributed by atoms with Gasteiger partial charge in [-0.2, -0.15) is 0 Å². The Bertz CT molecular complexity index is 907. The van der Waals surface area contributed by atoms with Gasteiger partial charge in [-0.05, 0) is 37.1 Å². The molecule has 2 amide bonds. The molecule has 29 heavy (non-hydrogen) atoms. The third kappa shape index (κ3) is 4.02. The fourth-order valence-electron chi connectivity index (χ4n) is 3.90. The lowest BCUT2D eigenvalue weighted by Crippen LogP contribution is -2.47. The number of benzene rings is 1. The molecule has 1 spiro atoms. The Morgan fingerprint density at radius 1 is 1.07 bits per heavy atom. The first kappa shape index (κ1) is 19.5. The molecule has 2 aromatic rings. The zero-order chi connectivity index (χ0) is 20.4. The predicted molar refractivity (Wildman–Crippen MR) is 108 cm³/mol. The largest absolute Gasteiger partial charge is 0.347 e. The SMILES string of the molecule is Cc1cccc(C)c1NC(=O)c1cc(C(=O)N2CCC3(CC2)OCCO3)ccn1. The van der Waals surface area contributed by atoms with Gasteiger partial charge in [0.15, 0.2) is 5.79 Å². The van der Waals surface area contributed by atoms with E-state index in [-0.39, 0.29) is 17.5 Å². The highest BCUT2D eigenvalue weighted by Crippen LogP contribution is 2.31. The number of pyridine rings is 1. The molecule has 1 N–H and O–H groups in total. The van der Waals surface area contributed by atoms with Crippen molar-refractivity contribution < 1.29 is 19.1 Å². The fraction of sp³-hybridized carbons (Fsp3) is 0.409. The number of piperidine rings is 1. The number of carbonyl (C=O) groups is 2. The Labute approximate surface area is 170 Å². The van der Waals surface area contributed by atoms with Crippen molar-refractivity contribution in [3.63, 3.8) is 0 Å². The molecule has 2 fully saturated rings. The summed E-state index contributed by atoms with van der Waals surface area (Å²) in [6, 6.07) is 9.03. The zero-order valence-corrected chi connectivity index (χ0v) is 16.7. The van der Waals surface area contributed by atoms with Gasteiger partial charge in [0, 0.05) is 43.4 Å². The van der Waals surface area contributed by atoms with Gasteiger partial charge in [-0.3, -0.25) is 14.6 Å². The van der Waals surface area contributed by atoms with Crippen LogP contribution in [0.3, 0.4) is 0 Å². The average Bonchev–Trinajstić information content (AvgIpc) is 3.19. The maximum absolute atomic E-state index is 12.9. The number of likely N-dealkylation sites (tertiary alicyclic amines) is 1. The van der Waals surface area contributed by atoms with Crippen molar-refractivity contribution in [2.24, 2.45) is 0 Å². The van der Waals surface area contributed by atoms with E-state index in [1.54, 1.807) is 17.0 Å². The molecule has 2 aliphatic rings. The monoisotopic (exact) mass is 395 g/mol. The van der Waals surface area contributed by atoms with Crippen LogP contribution < -0.4 is 5.32 Å². The van der Waals surface area contributed by atoms with E-state index in [9.17, 15) is 9.59 Å². The van der Waals surface area contributed by atoms with Gasteiger partial charge in [0.05, 0.1) is 13.2 Å². The number of ether oxygens (including phenoxy) is 2. The van der Waals surface area contributed by atoms with Gasteiger partial charge in [-0.15, -0.1) is 0 Å². The summed E-state index contributed by atoms with van der Waals surface area (Å²) in [6.07, 6.45) is 2.81. The van der Waals surface area contributed by atoms with Crippen LogP contribution in [0.4, 0.5) is 5.69 Å². The first-order chi connectivity index (χ1) is 14.0. The average molecular weight is 395 g/mol. The number of aromatic nitrogens is 1. The van der Waals surface area contributed by atoms with Crippen molar-refractivity contribution in [2.45, 2.75) is 32.5 Å². The number of nitrogens with zero attached hydrogens (tertiary/aromatic N) is 2. The molecule has 1 aromatic heterocycles. The summed E-state index contributed by atoms with van der Waals surface area (Å²) in [4.78, 5) is 31.6. The molecule has 0 atom stereocenters. The summed E-state index contributed by atoms with van der Waals surface area (Å²) in [6.45, 7) is 6.22. The maximum Gasteiger partial charge on any atom is 0.274 e. The Balaban J connectivity index is 1.45. The molecule has 7 nitrogen and oxygen atoms in total. The van der Waals surface area contributed by atoms with E-state index in [4.69, 9.17) is 9.47 Å². The van der Waals surface area contributed by atoms with Gasteiger partial charge in [-0.25, -0.2) is 0 Å². The molecule has 0 unspecified atom stereocenters. The Morgan fingerprint density at radius 3 is 2.38 bits per heavy atom. The molecule has 0 bridgehead atoms. The van der Waals surface area contributed by atoms with E-state index in [0.29, 0.717) is 44.7 Å². The zero-order valence-electron chi connectivity index (χ0n) is 16.7. The van der Waals surface area contributed by atoms with Crippen LogP contribution in [-0.2, 0) is 9.47 Å². The van der Waals surface area contributed by atoms with Crippen LogP contribution in [0.5, 0.6) is 0 Å². The lowest BCUT2D eigenvalue weighted by atomic mass is 10.0. The van der Waals surface area contributed by atoms with Gasteiger partial charge in [0.1, 0.15) is 5.69 Å². The number of aryl methyl sites for hydroxylation is 2. The predicted octanol–water partition coefficient (Wildman–Crippen LogP) is 2.93. The number of para-hydroxylation sites is 1. The number of anilines is 1. The van der Waals surface area contributed by atoms with Crippen molar-refractivity contribution in [1.29, 1.82) is 0 Å². The summed E-state index contributed by atoms with van der Waals surface area (Å²) in [5.74, 6) is -0.963. The Kier molecular flexibility index (Phi) is 5.34. The van der Waals surface area contributed by atoms with Gasteiger partial charge in [0.25, 0.3) is 11.8 Å². The van der Waals surface area contributed by atoms with Gasteiger partial charge >= 0.3 is 0 Å². The van der Waals surface area contributed by atoms with E-state index >= 15 is 0 Å². The third-order valence-electron chi connectivity index (χ3n) is 5.59. The third-order valence-corrected chi connectivity index (χ3v) is 5.59. The molecule has 3 heterocycles. The Morgan fingerprint density at radius 2 is 1.72 bits per heavy atom. The number of amides is 2. The minimum absolute atomic E-state index is 0.110. The summed E-state index contributed by atoms with van der Waals surface area (Å²) in [5, 5.41) is 2.91. The summed E-state index contributed by atoms with van der Waals surface area (Å²) in [7, 11) is 0. The standard InChI is InChI=1S/C22H25N3O4/c1-15-4-3-5-16(2)19(15)24-20(26)18-14-17(6-9-23-18)21(27)25-10-7-22(8-11-25)28-12-13-29-22/h3-6,9,14H,7-8,10-13H2,1-2H3,(H,24,26). The van der Waals surface area contributed by atoms with Crippen LogP contribution in [0, 0.1) is 13.8 Å². The fourth-order valence-corrected chi connectivity index (χ4v) is 3.90. The molecule has 0 aliphatic carbocycles. The highest BCUT2D eigenvalue weighted by molar-refractivity contribution is 6.05. The van der Waals surface area contributed by atoms with Gasteiger partial charge in [0.2, 0.25) is 0 Å². The molecule has 0 radical (unpaired) electrons. The molecule has 2 saturated heterocycles. The molecule has 4 rings (SSSR count). The minimum Gasteiger partial charge on any atom is -0.347 e. The van der Waals surface area contributed by atoms with Crippen LogP contribution >= 0.6 is 0 Å². The van der Waals surface area contributed by atoms with E-state index in [1.807, 2.05) is 32.0 Å². The molecule has 152 valence electrons. The van der Waals surface area contributed by atoms with Crippen LogP contribution in [0.15, 0.2) is 36.5 Å². The van der Waals surface area contributed by atoms with Crippen LogP contribution in [0.2, 0.25) is 0 Å². The second-order valence-corrected chi connectivity index (χ2v) is 7.55. The normalized spacial score (nSPS) is 18.1. The van der Waals surface area contributed by atoms with Crippen LogP contribution in [-0.4, -0.2) is 53.8 Å². The minimum atomic E-state index is -0.522. The smallest absolute Gasteiger partial charge is 0.274 e. The molecule has 7 heteroatoms. The first-order valence-electron chi connectivity index (χ1n) is 9.88. The number of rotatable bonds is 3.